The highest BCUT2D eigenvalue weighted by molar-refractivity contribution is 7.90. The summed E-state index contributed by atoms with van der Waals surface area (Å²) in [5.41, 5.74) is 1.41. The fourth-order valence-electron chi connectivity index (χ4n) is 6.98. The van der Waals surface area contributed by atoms with Crippen molar-refractivity contribution in [3.8, 4) is 0 Å². The van der Waals surface area contributed by atoms with E-state index >= 15 is 0 Å². The lowest BCUT2D eigenvalue weighted by Gasteiger charge is -2.32. The van der Waals surface area contributed by atoms with Gasteiger partial charge in [0.1, 0.15) is 23.7 Å². The lowest BCUT2D eigenvalue weighted by atomic mass is 9.94. The zero-order valence-electron chi connectivity index (χ0n) is 27.9. The Morgan fingerprint density at radius 2 is 1.76 bits per heavy atom. The molecule has 1 aliphatic carbocycles. The molecule has 1 saturated carbocycles. The maximum atomic E-state index is 14.0. The Morgan fingerprint density at radius 1 is 1.04 bits per heavy atom. The van der Waals surface area contributed by atoms with E-state index in [1.807, 2.05) is 18.2 Å². The van der Waals surface area contributed by atoms with E-state index < -0.39 is 75.5 Å². The predicted octanol–water partition coefficient (Wildman–Crippen LogP) is 3.42. The van der Waals surface area contributed by atoms with Crippen molar-refractivity contribution in [2.45, 2.75) is 133 Å². The van der Waals surface area contributed by atoms with Gasteiger partial charge in [0.05, 0.1) is 18.3 Å². The Balaban J connectivity index is 1.37. The number of benzene rings is 1. The van der Waals surface area contributed by atoms with E-state index in [9.17, 15) is 40.8 Å². The molecule has 4 aliphatic rings. The van der Waals surface area contributed by atoms with Crippen LogP contribution in [0.25, 0.3) is 0 Å². The van der Waals surface area contributed by atoms with Gasteiger partial charge < -0.3 is 15.0 Å². The first-order valence-electron chi connectivity index (χ1n) is 17.1. The van der Waals surface area contributed by atoms with Crippen molar-refractivity contribution < 1.29 is 45.5 Å². The average Bonchev–Trinajstić information content (AvgIpc) is 3.67. The van der Waals surface area contributed by atoms with Crippen molar-refractivity contribution in [2.24, 2.45) is 0 Å². The van der Waals surface area contributed by atoms with E-state index in [0.717, 1.165) is 40.9 Å². The van der Waals surface area contributed by atoms with Crippen LogP contribution < -0.4 is 15.4 Å². The van der Waals surface area contributed by atoms with Crippen LogP contribution >= 0.6 is 0 Å². The Hall–Kier alpha value is -3.40. The molecular formula is C33H46F3N5O7S. The molecule has 49 heavy (non-hydrogen) atoms. The van der Waals surface area contributed by atoms with Crippen LogP contribution in [0.3, 0.4) is 0 Å². The summed E-state index contributed by atoms with van der Waals surface area (Å²) in [6, 6.07) is 2.63. The summed E-state index contributed by atoms with van der Waals surface area (Å²) in [6.07, 6.45) is -2.15. The first-order chi connectivity index (χ1) is 23.1. The lowest BCUT2D eigenvalue weighted by Crippen LogP contribution is -2.61. The van der Waals surface area contributed by atoms with Gasteiger partial charge in [0.25, 0.3) is 5.91 Å². The summed E-state index contributed by atoms with van der Waals surface area (Å²) in [4.78, 5) is 56.6. The molecule has 3 heterocycles. The van der Waals surface area contributed by atoms with Crippen LogP contribution in [0, 0.1) is 0 Å². The standard InChI is InChI=1S/C33H46F3N5O7S/c1-3-15-32(2,30(44)39-49(46,47)24-13-14-24)38-29(43)26-16-23-19-41(26)28(42)17-37-27(33(34,35)36)12-7-5-4-6-9-21-10-8-11-22-18-40(20-25(21)22)31(45)48-23/h8,10-11,23-24,26-27,37H,3-7,9,12-20H2,1-2H3,(H,38,43)(H,39,44)/t23-,26+,27?,32-/m1/s1. The van der Waals surface area contributed by atoms with Gasteiger partial charge in [0.2, 0.25) is 21.8 Å². The summed E-state index contributed by atoms with van der Waals surface area (Å²) in [6.45, 7) is 2.82. The Bertz CT molecular complexity index is 1540. The highest BCUT2D eigenvalue weighted by Crippen LogP contribution is 2.31. The van der Waals surface area contributed by atoms with E-state index in [2.05, 4.69) is 15.4 Å². The normalized spacial score (nSPS) is 25.4. The number of fused-ring (bicyclic) bond motifs is 3. The SMILES string of the molecule is CCC[C@@](C)(NC(=O)[C@@H]1C[C@@H]2CN1C(=O)CNC(C(F)(F)F)CCCCCCc1cccc3c1CN(C3)C(=O)O2)C(=O)NS(=O)(=O)C1CC1. The van der Waals surface area contributed by atoms with Gasteiger partial charge in [-0.25, -0.2) is 13.2 Å². The second-order valence-electron chi connectivity index (χ2n) is 13.9. The quantitative estimate of drug-likeness (QED) is 0.389. The summed E-state index contributed by atoms with van der Waals surface area (Å²) in [5.74, 6) is -2.54. The maximum absolute atomic E-state index is 14.0. The number of nitrogens with one attached hydrogen (secondary N) is 3. The van der Waals surface area contributed by atoms with Gasteiger partial charge in [0, 0.05) is 19.5 Å². The van der Waals surface area contributed by atoms with Crippen LogP contribution in [-0.4, -0.2) is 90.3 Å². The number of halogens is 3. The number of amides is 4. The van der Waals surface area contributed by atoms with Crippen LogP contribution in [0.2, 0.25) is 0 Å². The molecule has 12 nitrogen and oxygen atoms in total. The number of aryl methyl sites for hydroxylation is 1. The molecule has 0 aromatic heterocycles. The molecule has 4 atom stereocenters. The summed E-state index contributed by atoms with van der Waals surface area (Å²) in [5, 5.41) is 4.28. The minimum atomic E-state index is -4.61. The second kappa shape index (κ2) is 14.8. The number of alkyl halides is 3. The molecule has 4 bridgehead atoms. The van der Waals surface area contributed by atoms with E-state index in [1.54, 1.807) is 11.8 Å². The van der Waals surface area contributed by atoms with E-state index in [4.69, 9.17) is 4.74 Å². The molecule has 0 spiro atoms. The van der Waals surface area contributed by atoms with Crippen molar-refractivity contribution in [2.75, 3.05) is 13.1 Å². The largest absolute Gasteiger partial charge is 0.444 e. The molecule has 2 fully saturated rings. The fourth-order valence-corrected chi connectivity index (χ4v) is 8.39. The van der Waals surface area contributed by atoms with Gasteiger partial charge in [-0.1, -0.05) is 50.8 Å². The summed E-state index contributed by atoms with van der Waals surface area (Å²) >= 11 is 0. The van der Waals surface area contributed by atoms with Gasteiger partial charge in [-0.05, 0) is 62.1 Å². The molecule has 4 amide bonds. The van der Waals surface area contributed by atoms with Gasteiger partial charge in [-0.15, -0.1) is 0 Å². The van der Waals surface area contributed by atoms with Crippen molar-refractivity contribution in [1.82, 2.24) is 25.2 Å². The summed E-state index contributed by atoms with van der Waals surface area (Å²) < 4.78 is 74.8. The van der Waals surface area contributed by atoms with Crippen LogP contribution in [0.4, 0.5) is 18.0 Å². The number of hydrogen-bond donors (Lipinski definition) is 3. The van der Waals surface area contributed by atoms with Gasteiger partial charge in [-0.2, -0.15) is 13.2 Å². The minimum Gasteiger partial charge on any atom is -0.444 e. The lowest BCUT2D eigenvalue weighted by molar-refractivity contribution is -0.159. The van der Waals surface area contributed by atoms with Gasteiger partial charge >= 0.3 is 12.3 Å². The molecule has 3 aliphatic heterocycles. The third kappa shape index (κ3) is 8.86. The first-order valence-corrected chi connectivity index (χ1v) is 18.7. The average molecular weight is 714 g/mol. The fraction of sp³-hybridized carbons (Fsp3) is 0.697. The predicted molar refractivity (Wildman–Crippen MR) is 172 cm³/mol. The first kappa shape index (κ1) is 36.9. The van der Waals surface area contributed by atoms with E-state index in [-0.39, 0.29) is 25.8 Å². The van der Waals surface area contributed by atoms with Crippen molar-refractivity contribution in [1.29, 1.82) is 0 Å². The number of carbonyl (C=O) groups is 4. The number of hydrogen-bond acceptors (Lipinski definition) is 8. The third-order valence-corrected chi connectivity index (χ3v) is 11.7. The Morgan fingerprint density at radius 3 is 2.45 bits per heavy atom. The molecule has 272 valence electrons. The molecular weight excluding hydrogens is 667 g/mol. The van der Waals surface area contributed by atoms with Crippen molar-refractivity contribution in [3.63, 3.8) is 0 Å². The topological polar surface area (TPSA) is 154 Å². The van der Waals surface area contributed by atoms with Crippen LogP contribution in [0.1, 0.15) is 94.7 Å². The molecule has 1 aromatic carbocycles. The number of rotatable bonds is 7. The maximum Gasteiger partial charge on any atom is 0.410 e. The number of nitrogens with zero attached hydrogens (tertiary/aromatic N) is 2. The molecule has 1 aromatic rings. The molecule has 16 heteroatoms. The highest BCUT2D eigenvalue weighted by Gasteiger charge is 2.47. The van der Waals surface area contributed by atoms with E-state index in [1.165, 1.54) is 6.92 Å². The van der Waals surface area contributed by atoms with Crippen LogP contribution in [0.5, 0.6) is 0 Å². The molecule has 5 rings (SSSR count). The van der Waals surface area contributed by atoms with Gasteiger partial charge in [0.15, 0.2) is 0 Å². The second-order valence-corrected chi connectivity index (χ2v) is 15.8. The van der Waals surface area contributed by atoms with Gasteiger partial charge in [-0.3, -0.25) is 29.3 Å². The van der Waals surface area contributed by atoms with Crippen LogP contribution in [0.15, 0.2) is 18.2 Å². The number of ether oxygens (including phenoxy) is 1. The minimum absolute atomic E-state index is 0.0656. The summed E-state index contributed by atoms with van der Waals surface area (Å²) in [7, 11) is -3.93. The number of sulfonamides is 1. The smallest absolute Gasteiger partial charge is 0.410 e. The van der Waals surface area contributed by atoms with Crippen molar-refractivity contribution >= 4 is 33.8 Å². The van der Waals surface area contributed by atoms with Crippen molar-refractivity contribution in [3.05, 3.63) is 34.9 Å². The zero-order chi connectivity index (χ0) is 35.6. The zero-order valence-corrected chi connectivity index (χ0v) is 28.8. The molecule has 3 N–H and O–H groups in total. The molecule has 1 unspecified atom stereocenters. The highest BCUT2D eigenvalue weighted by atomic mass is 32.2. The Kier molecular flexibility index (Phi) is 11.2. The van der Waals surface area contributed by atoms with E-state index in [0.29, 0.717) is 45.2 Å². The third-order valence-electron chi connectivity index (χ3n) is 9.92. The number of carbonyl (C=O) groups excluding carboxylic acids is 4. The molecule has 1 saturated heterocycles. The Labute approximate surface area is 284 Å². The molecule has 0 radical (unpaired) electrons. The van der Waals surface area contributed by atoms with Crippen LogP contribution in [-0.2, 0) is 48.7 Å². The monoisotopic (exact) mass is 713 g/mol.